The van der Waals surface area contributed by atoms with Gasteiger partial charge in [-0.25, -0.2) is 9.97 Å². The Kier molecular flexibility index (Phi) is 9.92. The molecule has 0 N–H and O–H groups in total. The van der Waals surface area contributed by atoms with Gasteiger partial charge < -0.3 is 9.47 Å². The van der Waals surface area contributed by atoms with E-state index in [-0.39, 0.29) is 0 Å². The highest BCUT2D eigenvalue weighted by atomic mass is 15.1. The normalized spacial score (nSPS) is 10.8. The fraction of sp³-hybridized carbons (Fsp3) is 0. The molecule has 0 aliphatic heterocycles. The lowest BCUT2D eigenvalue weighted by molar-refractivity contribution is 1.17. The van der Waals surface area contributed by atoms with Crippen LogP contribution in [0.3, 0.4) is 0 Å². The molecule has 0 aliphatic carbocycles. The first-order valence-electron chi connectivity index (χ1n) is 20.5. The van der Waals surface area contributed by atoms with Crippen LogP contribution in [0.4, 0.5) is 17.1 Å². The summed E-state index contributed by atoms with van der Waals surface area (Å²) < 4.78 is 2.12. The molecule has 2 heterocycles. The predicted molar refractivity (Wildman–Crippen MR) is 252 cm³/mol. The minimum Gasteiger partial charge on any atom is -0.310 e. The smallest absolute Gasteiger partial charge is 0.161 e. The van der Waals surface area contributed by atoms with Gasteiger partial charge in [-0.15, -0.1) is 0 Å². The van der Waals surface area contributed by atoms with Crippen molar-refractivity contribution in [2.45, 2.75) is 0 Å². The number of aromatic nitrogens is 3. The zero-order valence-corrected chi connectivity index (χ0v) is 34.1. The molecule has 0 saturated heterocycles. The number of fused-ring (bicyclic) bond motifs is 3. The molecule has 64 heavy (non-hydrogen) atoms. The molecule has 0 saturated carbocycles. The summed E-state index contributed by atoms with van der Waals surface area (Å²) in [6.45, 7) is 0. The van der Waals surface area contributed by atoms with Gasteiger partial charge in [0.05, 0.1) is 69.0 Å². The van der Waals surface area contributed by atoms with Crippen molar-refractivity contribution in [3.63, 3.8) is 0 Å². The Bertz CT molecular complexity index is 3450. The van der Waals surface area contributed by atoms with E-state index in [4.69, 9.17) is 9.97 Å². The van der Waals surface area contributed by atoms with Crippen LogP contribution in [0.15, 0.2) is 194 Å². The minimum atomic E-state index is 0.349. The number of rotatable bonds is 8. The molecular formula is C56H32N8. The van der Waals surface area contributed by atoms with Crippen molar-refractivity contribution < 1.29 is 0 Å². The highest BCUT2D eigenvalue weighted by molar-refractivity contribution is 6.11. The van der Waals surface area contributed by atoms with Gasteiger partial charge in [0.2, 0.25) is 0 Å². The van der Waals surface area contributed by atoms with Crippen LogP contribution in [0.2, 0.25) is 0 Å². The average Bonchev–Trinajstić information content (AvgIpc) is 3.70. The van der Waals surface area contributed by atoms with Gasteiger partial charge in [-0.1, -0.05) is 109 Å². The van der Waals surface area contributed by atoms with Crippen LogP contribution in [0.5, 0.6) is 0 Å². The van der Waals surface area contributed by atoms with Gasteiger partial charge in [-0.3, -0.25) is 0 Å². The number of para-hydroxylation sites is 3. The summed E-state index contributed by atoms with van der Waals surface area (Å²) >= 11 is 0. The summed E-state index contributed by atoms with van der Waals surface area (Å²) in [5.74, 6) is 0.349. The molecule has 0 atom stereocenters. The van der Waals surface area contributed by atoms with E-state index in [1.165, 1.54) is 0 Å². The van der Waals surface area contributed by atoms with Crippen molar-refractivity contribution in [2.75, 3.05) is 4.90 Å². The third-order valence-corrected chi connectivity index (χ3v) is 11.4. The van der Waals surface area contributed by atoms with Crippen molar-refractivity contribution in [1.29, 1.82) is 21.0 Å². The first-order chi connectivity index (χ1) is 31.6. The quantitative estimate of drug-likeness (QED) is 0.149. The highest BCUT2D eigenvalue weighted by Crippen LogP contribution is 2.41. The molecule has 10 aromatic rings. The van der Waals surface area contributed by atoms with Gasteiger partial charge in [0.15, 0.2) is 5.82 Å². The summed E-state index contributed by atoms with van der Waals surface area (Å²) in [5, 5.41) is 43.4. The second-order valence-corrected chi connectivity index (χ2v) is 15.1. The molecule has 8 nitrogen and oxygen atoms in total. The Balaban J connectivity index is 1.07. The first kappa shape index (κ1) is 38.6. The number of hydrogen-bond acceptors (Lipinski definition) is 7. The van der Waals surface area contributed by atoms with Gasteiger partial charge in [0.25, 0.3) is 0 Å². The fourth-order valence-electron chi connectivity index (χ4n) is 8.46. The number of benzene rings is 8. The number of nitrogens with zero attached hydrogens (tertiary/aromatic N) is 8. The standard InChI is InChI=1S/C56H32N8/c57-33-39-13-7-9-19-47(39)52-32-51(61-56(62-52)48-20-10-8-14-40(48)34-58)37-23-25-38(26-24-37)55-41(35-59)29-46(30-42(55)36-60)64-53-22-12-11-21-49(53)50-31-45(27-28-54(50)64)63(43-15-3-1-4-16-43)44-17-5-2-6-18-44/h1-32H. The van der Waals surface area contributed by atoms with E-state index < -0.39 is 0 Å². The molecule has 296 valence electrons. The van der Waals surface area contributed by atoms with E-state index in [2.05, 4.69) is 88.3 Å². The first-order valence-corrected chi connectivity index (χ1v) is 20.5. The molecule has 0 spiro atoms. The lowest BCUT2D eigenvalue weighted by Gasteiger charge is -2.25. The van der Waals surface area contributed by atoms with E-state index >= 15 is 0 Å². The molecule has 0 radical (unpaired) electrons. The molecular weight excluding hydrogens is 785 g/mol. The number of anilines is 3. The third kappa shape index (κ3) is 6.83. The summed E-state index contributed by atoms with van der Waals surface area (Å²) in [7, 11) is 0. The molecule has 0 unspecified atom stereocenters. The molecule has 8 heteroatoms. The average molecular weight is 817 g/mol. The van der Waals surface area contributed by atoms with Crippen molar-refractivity contribution >= 4 is 38.9 Å². The molecule has 10 rings (SSSR count). The van der Waals surface area contributed by atoms with Crippen LogP contribution in [0.25, 0.3) is 72.5 Å². The van der Waals surface area contributed by atoms with Gasteiger partial charge in [-0.2, -0.15) is 21.0 Å². The Morgan fingerprint density at radius 3 is 1.55 bits per heavy atom. The van der Waals surface area contributed by atoms with Crippen molar-refractivity contribution in [1.82, 2.24) is 14.5 Å². The minimum absolute atomic E-state index is 0.349. The molecule has 0 bridgehead atoms. The van der Waals surface area contributed by atoms with Crippen LogP contribution in [0.1, 0.15) is 22.3 Å². The van der Waals surface area contributed by atoms with E-state index in [1.54, 1.807) is 30.3 Å². The zero-order valence-electron chi connectivity index (χ0n) is 34.1. The van der Waals surface area contributed by atoms with Gasteiger partial charge in [0, 0.05) is 55.8 Å². The molecule has 2 aromatic heterocycles. The SMILES string of the molecule is N#Cc1ccccc1-c1cc(-c2ccc(-c3c(C#N)cc(-n4c5ccccc5c5cc(N(c6ccccc6)c6ccccc6)ccc54)cc3C#N)cc2)nc(-c2ccccc2C#N)n1. The van der Waals surface area contributed by atoms with Gasteiger partial charge in [0.1, 0.15) is 0 Å². The van der Waals surface area contributed by atoms with E-state index in [0.29, 0.717) is 67.4 Å². The van der Waals surface area contributed by atoms with Crippen LogP contribution in [0, 0.1) is 45.3 Å². The molecule has 8 aromatic carbocycles. The Hall–Kier alpha value is -9.60. The largest absolute Gasteiger partial charge is 0.310 e. The second kappa shape index (κ2) is 16.5. The van der Waals surface area contributed by atoms with Crippen LogP contribution >= 0.6 is 0 Å². The summed E-state index contributed by atoms with van der Waals surface area (Å²) in [5.41, 5.74) is 11.5. The van der Waals surface area contributed by atoms with Crippen molar-refractivity contribution in [3.8, 4) is 75.0 Å². The maximum Gasteiger partial charge on any atom is 0.161 e. The van der Waals surface area contributed by atoms with Gasteiger partial charge >= 0.3 is 0 Å². The summed E-state index contributed by atoms with van der Waals surface area (Å²) in [6.07, 6.45) is 0. The van der Waals surface area contributed by atoms with Crippen LogP contribution in [-0.4, -0.2) is 14.5 Å². The fourth-order valence-corrected chi connectivity index (χ4v) is 8.46. The maximum absolute atomic E-state index is 10.7. The van der Waals surface area contributed by atoms with E-state index in [1.807, 2.05) is 109 Å². The van der Waals surface area contributed by atoms with Crippen LogP contribution in [-0.2, 0) is 0 Å². The lowest BCUT2D eigenvalue weighted by Crippen LogP contribution is -2.09. The topological polar surface area (TPSA) is 129 Å². The van der Waals surface area contributed by atoms with Crippen LogP contribution < -0.4 is 4.90 Å². The zero-order chi connectivity index (χ0) is 43.6. The molecule has 0 amide bonds. The third-order valence-electron chi connectivity index (χ3n) is 11.4. The predicted octanol–water partition coefficient (Wildman–Crippen LogP) is 13.2. The summed E-state index contributed by atoms with van der Waals surface area (Å²) in [6, 6.07) is 72.0. The molecule has 0 aliphatic rings. The Morgan fingerprint density at radius 2 is 0.906 bits per heavy atom. The number of hydrogen-bond donors (Lipinski definition) is 0. The highest BCUT2D eigenvalue weighted by Gasteiger charge is 2.21. The Morgan fingerprint density at radius 1 is 0.391 bits per heavy atom. The second-order valence-electron chi connectivity index (χ2n) is 15.1. The molecule has 0 fully saturated rings. The van der Waals surface area contributed by atoms with Gasteiger partial charge in [-0.05, 0) is 90.5 Å². The lowest BCUT2D eigenvalue weighted by atomic mass is 9.93. The van der Waals surface area contributed by atoms with Crippen molar-refractivity contribution in [2.24, 2.45) is 0 Å². The maximum atomic E-state index is 10.7. The van der Waals surface area contributed by atoms with E-state index in [9.17, 15) is 21.0 Å². The summed E-state index contributed by atoms with van der Waals surface area (Å²) in [4.78, 5) is 12.0. The van der Waals surface area contributed by atoms with E-state index in [0.717, 1.165) is 44.4 Å². The Labute approximate surface area is 369 Å². The van der Waals surface area contributed by atoms with Crippen molar-refractivity contribution in [3.05, 3.63) is 216 Å². The monoisotopic (exact) mass is 816 g/mol. The number of nitriles is 4.